The lowest BCUT2D eigenvalue weighted by molar-refractivity contribution is 0.0322. The summed E-state index contributed by atoms with van der Waals surface area (Å²) in [4.78, 5) is 2.37. The Morgan fingerprint density at radius 2 is 1.88 bits per heavy atom. The van der Waals surface area contributed by atoms with Crippen molar-refractivity contribution in [1.82, 2.24) is 4.90 Å². The van der Waals surface area contributed by atoms with Crippen LogP contribution in [0.4, 0.5) is 0 Å². The van der Waals surface area contributed by atoms with Gasteiger partial charge in [-0.2, -0.15) is 0 Å². The van der Waals surface area contributed by atoms with E-state index < -0.39 is 0 Å². The van der Waals surface area contributed by atoms with Gasteiger partial charge in [0.2, 0.25) is 0 Å². The molecule has 1 aromatic carbocycles. The van der Waals surface area contributed by atoms with Crippen LogP contribution in [0.1, 0.15) is 5.56 Å². The Balaban J connectivity index is 1.69. The molecule has 16 heavy (non-hydrogen) atoms. The fourth-order valence-corrected chi connectivity index (χ4v) is 1.75. The fraction of sp³-hybridized carbons (Fsp3) is 0.538. The van der Waals surface area contributed by atoms with Crippen LogP contribution >= 0.6 is 0 Å². The Morgan fingerprint density at radius 3 is 2.56 bits per heavy atom. The average molecular weight is 221 g/mol. The van der Waals surface area contributed by atoms with Crippen LogP contribution in [0, 0.1) is 6.92 Å². The molecule has 0 aliphatic carbocycles. The maximum absolute atomic E-state index is 5.68. The highest BCUT2D eigenvalue weighted by atomic mass is 16.5. The summed E-state index contributed by atoms with van der Waals surface area (Å²) < 4.78 is 11.0. The van der Waals surface area contributed by atoms with Gasteiger partial charge in [0.15, 0.2) is 0 Å². The van der Waals surface area contributed by atoms with Crippen LogP contribution < -0.4 is 4.74 Å². The van der Waals surface area contributed by atoms with Gasteiger partial charge in [0.05, 0.1) is 13.2 Å². The predicted octanol–water partition coefficient (Wildman–Crippen LogP) is 1.71. The molecule has 0 aromatic heterocycles. The third-order valence-electron chi connectivity index (χ3n) is 2.80. The van der Waals surface area contributed by atoms with E-state index in [2.05, 4.69) is 24.0 Å². The van der Waals surface area contributed by atoms with Crippen LogP contribution in [0.2, 0.25) is 0 Å². The lowest BCUT2D eigenvalue weighted by atomic mass is 10.2. The van der Waals surface area contributed by atoms with Crippen molar-refractivity contribution in [2.24, 2.45) is 0 Å². The summed E-state index contributed by atoms with van der Waals surface area (Å²) in [7, 11) is 0. The number of benzene rings is 1. The number of ether oxygens (including phenoxy) is 2. The Hall–Kier alpha value is -1.06. The van der Waals surface area contributed by atoms with Gasteiger partial charge < -0.3 is 9.47 Å². The molecule has 0 atom stereocenters. The highest BCUT2D eigenvalue weighted by molar-refractivity contribution is 5.26. The summed E-state index contributed by atoms with van der Waals surface area (Å²) in [6.07, 6.45) is 0. The van der Waals surface area contributed by atoms with E-state index >= 15 is 0 Å². The average Bonchev–Trinajstić information content (AvgIpc) is 2.33. The van der Waals surface area contributed by atoms with Gasteiger partial charge in [0, 0.05) is 19.6 Å². The highest BCUT2D eigenvalue weighted by Crippen LogP contribution is 2.11. The quantitative estimate of drug-likeness (QED) is 0.772. The minimum Gasteiger partial charge on any atom is -0.492 e. The lowest BCUT2D eigenvalue weighted by Crippen LogP contribution is -2.38. The third kappa shape index (κ3) is 3.51. The maximum atomic E-state index is 5.68. The van der Waals surface area contributed by atoms with Crippen LogP contribution in [0.5, 0.6) is 5.75 Å². The fourth-order valence-electron chi connectivity index (χ4n) is 1.75. The Labute approximate surface area is 97.0 Å². The zero-order valence-corrected chi connectivity index (χ0v) is 9.82. The zero-order chi connectivity index (χ0) is 11.2. The van der Waals surface area contributed by atoms with Crippen molar-refractivity contribution < 1.29 is 9.47 Å². The molecular formula is C13H19NO2. The Morgan fingerprint density at radius 1 is 1.19 bits per heavy atom. The molecule has 3 heteroatoms. The summed E-state index contributed by atoms with van der Waals surface area (Å²) in [6.45, 7) is 7.57. The Bertz CT molecular complexity index is 304. The first-order chi connectivity index (χ1) is 7.84. The second-order valence-corrected chi connectivity index (χ2v) is 4.12. The molecular weight excluding hydrogens is 202 g/mol. The van der Waals surface area contributed by atoms with E-state index in [0.29, 0.717) is 0 Å². The van der Waals surface area contributed by atoms with Crippen molar-refractivity contribution in [1.29, 1.82) is 0 Å². The first kappa shape index (κ1) is 11.4. The van der Waals surface area contributed by atoms with Crippen molar-refractivity contribution >= 4 is 0 Å². The van der Waals surface area contributed by atoms with Crippen molar-refractivity contribution in [3.8, 4) is 5.75 Å². The van der Waals surface area contributed by atoms with Crippen LogP contribution in [0.15, 0.2) is 24.3 Å². The molecule has 0 bridgehead atoms. The topological polar surface area (TPSA) is 21.7 Å². The van der Waals surface area contributed by atoms with E-state index in [4.69, 9.17) is 9.47 Å². The maximum Gasteiger partial charge on any atom is 0.119 e. The molecule has 2 rings (SSSR count). The number of hydrogen-bond donors (Lipinski definition) is 0. The molecule has 0 saturated carbocycles. The summed E-state index contributed by atoms with van der Waals surface area (Å²) in [5.41, 5.74) is 1.26. The van der Waals surface area contributed by atoms with Gasteiger partial charge in [0.25, 0.3) is 0 Å². The van der Waals surface area contributed by atoms with E-state index in [1.54, 1.807) is 0 Å². The van der Waals surface area contributed by atoms with Crippen molar-refractivity contribution in [2.45, 2.75) is 6.92 Å². The highest BCUT2D eigenvalue weighted by Gasteiger charge is 2.09. The van der Waals surface area contributed by atoms with Crippen LogP contribution in [-0.2, 0) is 4.74 Å². The lowest BCUT2D eigenvalue weighted by Gasteiger charge is -2.26. The number of rotatable bonds is 4. The first-order valence-electron chi connectivity index (χ1n) is 5.84. The molecule has 0 spiro atoms. The van der Waals surface area contributed by atoms with Gasteiger partial charge >= 0.3 is 0 Å². The molecule has 0 unspecified atom stereocenters. The summed E-state index contributed by atoms with van der Waals surface area (Å²) in [6, 6.07) is 8.19. The number of aryl methyl sites for hydroxylation is 1. The molecule has 1 aromatic rings. The van der Waals surface area contributed by atoms with E-state index in [9.17, 15) is 0 Å². The molecule has 0 amide bonds. The molecule has 88 valence electrons. The molecule has 0 radical (unpaired) electrons. The van der Waals surface area contributed by atoms with E-state index in [1.165, 1.54) is 5.56 Å². The van der Waals surface area contributed by atoms with Crippen molar-refractivity contribution in [2.75, 3.05) is 39.5 Å². The van der Waals surface area contributed by atoms with Crippen LogP contribution in [0.3, 0.4) is 0 Å². The van der Waals surface area contributed by atoms with Crippen LogP contribution in [-0.4, -0.2) is 44.4 Å². The van der Waals surface area contributed by atoms with Crippen molar-refractivity contribution in [3.05, 3.63) is 29.8 Å². The van der Waals surface area contributed by atoms with Gasteiger partial charge in [0.1, 0.15) is 12.4 Å². The standard InChI is InChI=1S/C13H19NO2/c1-12-2-4-13(5-3-12)16-11-8-14-6-9-15-10-7-14/h2-5H,6-11H2,1H3. The van der Waals surface area contributed by atoms with Gasteiger partial charge in [-0.15, -0.1) is 0 Å². The van der Waals surface area contributed by atoms with Crippen LogP contribution in [0.25, 0.3) is 0 Å². The van der Waals surface area contributed by atoms with E-state index in [-0.39, 0.29) is 0 Å². The number of morpholine rings is 1. The molecule has 1 saturated heterocycles. The molecule has 1 heterocycles. The SMILES string of the molecule is Cc1ccc(OCCN2CCOCC2)cc1. The second-order valence-electron chi connectivity index (χ2n) is 4.12. The Kier molecular flexibility index (Phi) is 4.19. The third-order valence-corrected chi connectivity index (χ3v) is 2.80. The number of nitrogens with zero attached hydrogens (tertiary/aromatic N) is 1. The van der Waals surface area contributed by atoms with Gasteiger partial charge in [-0.3, -0.25) is 4.90 Å². The molecule has 1 fully saturated rings. The van der Waals surface area contributed by atoms with E-state index in [1.807, 2.05) is 12.1 Å². The molecule has 0 N–H and O–H groups in total. The van der Waals surface area contributed by atoms with Crippen molar-refractivity contribution in [3.63, 3.8) is 0 Å². The predicted molar refractivity (Wildman–Crippen MR) is 63.9 cm³/mol. The smallest absolute Gasteiger partial charge is 0.119 e. The monoisotopic (exact) mass is 221 g/mol. The summed E-state index contributed by atoms with van der Waals surface area (Å²) in [5.74, 6) is 0.957. The second kappa shape index (κ2) is 5.87. The molecule has 1 aliphatic rings. The first-order valence-corrected chi connectivity index (χ1v) is 5.84. The van der Waals surface area contributed by atoms with Gasteiger partial charge in [-0.1, -0.05) is 17.7 Å². The molecule has 1 aliphatic heterocycles. The minimum absolute atomic E-state index is 0.753. The minimum atomic E-state index is 0.753. The van der Waals surface area contributed by atoms with E-state index in [0.717, 1.165) is 45.2 Å². The van der Waals surface area contributed by atoms with Gasteiger partial charge in [-0.05, 0) is 19.1 Å². The van der Waals surface area contributed by atoms with Gasteiger partial charge in [-0.25, -0.2) is 0 Å². The normalized spacial score (nSPS) is 17.3. The summed E-state index contributed by atoms with van der Waals surface area (Å²) >= 11 is 0. The summed E-state index contributed by atoms with van der Waals surface area (Å²) in [5, 5.41) is 0. The largest absolute Gasteiger partial charge is 0.492 e. The molecule has 3 nitrogen and oxygen atoms in total. The number of hydrogen-bond acceptors (Lipinski definition) is 3. The zero-order valence-electron chi connectivity index (χ0n) is 9.82.